The van der Waals surface area contributed by atoms with E-state index in [9.17, 15) is 9.18 Å². The number of carbonyl (C=O) groups is 1. The predicted molar refractivity (Wildman–Crippen MR) is 75.7 cm³/mol. The summed E-state index contributed by atoms with van der Waals surface area (Å²) in [4.78, 5) is 14.1. The molecule has 0 saturated heterocycles. The second-order valence-electron chi connectivity index (χ2n) is 5.14. The van der Waals surface area contributed by atoms with Crippen molar-refractivity contribution in [3.63, 3.8) is 0 Å². The van der Waals surface area contributed by atoms with Crippen LogP contribution in [0.5, 0.6) is 0 Å². The summed E-state index contributed by atoms with van der Waals surface area (Å²) < 4.78 is 18.9. The number of amides is 1. The minimum atomic E-state index is -0.236. The average molecular weight is 279 g/mol. The van der Waals surface area contributed by atoms with Crippen molar-refractivity contribution < 1.29 is 13.9 Å². The average Bonchev–Trinajstić information content (AvgIpc) is 3.27. The standard InChI is InChI=1S/C16H22FNO2/c1-2-20-11-5-8-16(19)18(14-9-10-14)12-13-6-3-4-7-15(13)17/h3-4,6-7,14H,2,5,8-12H2,1H3. The first kappa shape index (κ1) is 15.0. The molecule has 1 aromatic carbocycles. The van der Waals surface area contributed by atoms with E-state index in [1.807, 2.05) is 17.9 Å². The summed E-state index contributed by atoms with van der Waals surface area (Å²) in [6, 6.07) is 6.97. The van der Waals surface area contributed by atoms with Gasteiger partial charge in [0.05, 0.1) is 0 Å². The summed E-state index contributed by atoms with van der Waals surface area (Å²) in [5, 5.41) is 0. The summed E-state index contributed by atoms with van der Waals surface area (Å²) in [5.74, 6) is -0.129. The highest BCUT2D eigenvalue weighted by atomic mass is 19.1. The number of rotatable bonds is 8. The molecular weight excluding hydrogens is 257 g/mol. The van der Waals surface area contributed by atoms with Crippen molar-refractivity contribution in [1.29, 1.82) is 0 Å². The van der Waals surface area contributed by atoms with Gasteiger partial charge in [-0.1, -0.05) is 18.2 Å². The maximum atomic E-state index is 13.7. The molecule has 0 N–H and O–H groups in total. The molecular formula is C16H22FNO2. The minimum absolute atomic E-state index is 0.107. The van der Waals surface area contributed by atoms with Gasteiger partial charge in [-0.3, -0.25) is 4.79 Å². The lowest BCUT2D eigenvalue weighted by atomic mass is 10.2. The van der Waals surface area contributed by atoms with Crippen LogP contribution in [0.15, 0.2) is 24.3 Å². The fraction of sp³-hybridized carbons (Fsp3) is 0.562. The van der Waals surface area contributed by atoms with E-state index in [0.717, 1.165) is 19.3 Å². The highest BCUT2D eigenvalue weighted by Gasteiger charge is 2.32. The molecule has 1 saturated carbocycles. The van der Waals surface area contributed by atoms with Gasteiger partial charge < -0.3 is 9.64 Å². The van der Waals surface area contributed by atoms with Gasteiger partial charge in [-0.15, -0.1) is 0 Å². The van der Waals surface area contributed by atoms with Crippen LogP contribution in [0.4, 0.5) is 4.39 Å². The topological polar surface area (TPSA) is 29.5 Å². The maximum absolute atomic E-state index is 13.7. The summed E-state index contributed by atoms with van der Waals surface area (Å²) in [5.41, 5.74) is 0.595. The molecule has 0 spiro atoms. The lowest BCUT2D eigenvalue weighted by Crippen LogP contribution is -2.32. The van der Waals surface area contributed by atoms with Crippen molar-refractivity contribution in [3.05, 3.63) is 35.6 Å². The van der Waals surface area contributed by atoms with E-state index >= 15 is 0 Å². The molecule has 1 amide bonds. The summed E-state index contributed by atoms with van der Waals surface area (Å²) in [7, 11) is 0. The zero-order chi connectivity index (χ0) is 14.4. The Morgan fingerprint density at radius 1 is 1.40 bits per heavy atom. The number of hydrogen-bond acceptors (Lipinski definition) is 2. The van der Waals surface area contributed by atoms with Crippen LogP contribution in [0, 0.1) is 5.82 Å². The van der Waals surface area contributed by atoms with E-state index in [0.29, 0.717) is 37.8 Å². The van der Waals surface area contributed by atoms with Gasteiger partial charge in [0.15, 0.2) is 0 Å². The van der Waals surface area contributed by atoms with Crippen LogP contribution in [0.25, 0.3) is 0 Å². The molecule has 0 aliphatic heterocycles. The Hall–Kier alpha value is -1.42. The molecule has 0 radical (unpaired) electrons. The van der Waals surface area contributed by atoms with Crippen LogP contribution in [0.1, 0.15) is 38.2 Å². The molecule has 0 heterocycles. The molecule has 2 rings (SSSR count). The van der Waals surface area contributed by atoms with Crippen molar-refractivity contribution in [2.75, 3.05) is 13.2 Å². The zero-order valence-electron chi connectivity index (χ0n) is 12.0. The van der Waals surface area contributed by atoms with Crippen LogP contribution in [0.2, 0.25) is 0 Å². The lowest BCUT2D eigenvalue weighted by Gasteiger charge is -2.23. The van der Waals surface area contributed by atoms with Crippen LogP contribution in [-0.2, 0) is 16.1 Å². The van der Waals surface area contributed by atoms with Gasteiger partial charge in [0.25, 0.3) is 0 Å². The molecule has 0 bridgehead atoms. The molecule has 0 aromatic heterocycles. The summed E-state index contributed by atoms with van der Waals surface area (Å²) >= 11 is 0. The Balaban J connectivity index is 1.90. The van der Waals surface area contributed by atoms with Gasteiger partial charge in [-0.25, -0.2) is 4.39 Å². The van der Waals surface area contributed by atoms with Gasteiger partial charge >= 0.3 is 0 Å². The molecule has 1 aliphatic carbocycles. The molecule has 1 aliphatic rings. The first-order chi connectivity index (χ1) is 9.72. The van der Waals surface area contributed by atoms with E-state index < -0.39 is 0 Å². The van der Waals surface area contributed by atoms with Crippen molar-refractivity contribution >= 4 is 5.91 Å². The third-order valence-electron chi connectivity index (χ3n) is 3.49. The third kappa shape index (κ3) is 4.30. The number of benzene rings is 1. The molecule has 4 heteroatoms. The number of halogens is 1. The van der Waals surface area contributed by atoms with E-state index in [-0.39, 0.29) is 11.7 Å². The molecule has 1 fully saturated rings. The zero-order valence-corrected chi connectivity index (χ0v) is 12.0. The highest BCUT2D eigenvalue weighted by Crippen LogP contribution is 2.29. The van der Waals surface area contributed by atoms with Gasteiger partial charge in [0.1, 0.15) is 5.82 Å². The Kier molecular flexibility index (Phi) is 5.53. The fourth-order valence-corrected chi connectivity index (χ4v) is 2.23. The molecule has 3 nitrogen and oxygen atoms in total. The minimum Gasteiger partial charge on any atom is -0.382 e. The van der Waals surface area contributed by atoms with E-state index in [1.54, 1.807) is 12.1 Å². The van der Waals surface area contributed by atoms with Gasteiger partial charge in [0, 0.05) is 37.8 Å². The predicted octanol–water partition coefficient (Wildman–Crippen LogP) is 3.13. The van der Waals surface area contributed by atoms with E-state index in [4.69, 9.17) is 4.74 Å². The largest absolute Gasteiger partial charge is 0.382 e. The third-order valence-corrected chi connectivity index (χ3v) is 3.49. The van der Waals surface area contributed by atoms with Gasteiger partial charge in [-0.05, 0) is 32.3 Å². The smallest absolute Gasteiger partial charge is 0.223 e. The van der Waals surface area contributed by atoms with Crippen LogP contribution < -0.4 is 0 Å². The fourth-order valence-electron chi connectivity index (χ4n) is 2.23. The Labute approximate surface area is 119 Å². The van der Waals surface area contributed by atoms with Crippen molar-refractivity contribution in [2.45, 2.75) is 45.2 Å². The molecule has 20 heavy (non-hydrogen) atoms. The van der Waals surface area contributed by atoms with Crippen molar-refractivity contribution in [3.8, 4) is 0 Å². The second-order valence-corrected chi connectivity index (χ2v) is 5.14. The van der Waals surface area contributed by atoms with Crippen LogP contribution in [-0.4, -0.2) is 30.1 Å². The number of hydrogen-bond donors (Lipinski definition) is 0. The first-order valence-corrected chi connectivity index (χ1v) is 7.33. The Morgan fingerprint density at radius 3 is 2.80 bits per heavy atom. The lowest BCUT2D eigenvalue weighted by molar-refractivity contribution is -0.132. The normalized spacial score (nSPS) is 14.3. The van der Waals surface area contributed by atoms with E-state index in [1.165, 1.54) is 6.07 Å². The van der Waals surface area contributed by atoms with Crippen LogP contribution in [0.3, 0.4) is 0 Å². The quantitative estimate of drug-likeness (QED) is 0.684. The van der Waals surface area contributed by atoms with Crippen molar-refractivity contribution in [2.24, 2.45) is 0 Å². The van der Waals surface area contributed by atoms with Gasteiger partial charge in [-0.2, -0.15) is 0 Å². The Bertz CT molecular complexity index is 446. The van der Waals surface area contributed by atoms with Gasteiger partial charge in [0.2, 0.25) is 5.91 Å². The Morgan fingerprint density at radius 2 is 2.15 bits per heavy atom. The second kappa shape index (κ2) is 7.39. The number of ether oxygens (including phenoxy) is 1. The molecule has 0 unspecified atom stereocenters. The first-order valence-electron chi connectivity index (χ1n) is 7.33. The van der Waals surface area contributed by atoms with Crippen molar-refractivity contribution in [1.82, 2.24) is 4.90 Å². The summed E-state index contributed by atoms with van der Waals surface area (Å²) in [6.07, 6.45) is 3.27. The highest BCUT2D eigenvalue weighted by molar-refractivity contribution is 5.76. The molecule has 1 aromatic rings. The summed E-state index contributed by atoms with van der Waals surface area (Å²) in [6.45, 7) is 3.61. The molecule has 110 valence electrons. The van der Waals surface area contributed by atoms with Crippen LogP contribution >= 0.6 is 0 Å². The van der Waals surface area contributed by atoms with E-state index in [2.05, 4.69) is 0 Å². The number of nitrogens with zero attached hydrogens (tertiary/aromatic N) is 1. The monoisotopic (exact) mass is 279 g/mol. The molecule has 0 atom stereocenters. The SMILES string of the molecule is CCOCCCC(=O)N(Cc1ccccc1F)C1CC1. The number of carbonyl (C=O) groups excluding carboxylic acids is 1. The maximum Gasteiger partial charge on any atom is 0.223 e.